The highest BCUT2D eigenvalue weighted by molar-refractivity contribution is 7.17. The largest absolute Gasteiger partial charge is 0.398 e. The molecule has 2 N–H and O–H groups in total. The van der Waals surface area contributed by atoms with E-state index < -0.39 is 0 Å². The molecule has 0 unspecified atom stereocenters. The number of thiophene rings is 1. The van der Waals surface area contributed by atoms with Gasteiger partial charge in [-0.25, -0.2) is 0 Å². The molecule has 2 heteroatoms. The Bertz CT molecular complexity index is 682. The topological polar surface area (TPSA) is 26.0 Å². The third kappa shape index (κ3) is 1.61. The highest BCUT2D eigenvalue weighted by Crippen LogP contribution is 2.35. The average molecular weight is 239 g/mol. The number of nitrogen functional groups attached to an aromatic ring is 1. The maximum Gasteiger partial charge on any atom is 0.0421 e. The summed E-state index contributed by atoms with van der Waals surface area (Å²) >= 11 is 1.78. The standard InChI is InChI=1S/C15H13NS/c1-10-12(5-3-7-14(10)16)13-6-2-4-11-8-9-17-15(11)13/h2-9H,16H2,1H3. The fraction of sp³-hybridized carbons (Fsp3) is 0.0667. The molecule has 0 aliphatic heterocycles. The molecule has 0 atom stereocenters. The fourth-order valence-corrected chi connectivity index (χ4v) is 3.08. The Hall–Kier alpha value is -1.80. The molecule has 1 heterocycles. The summed E-state index contributed by atoms with van der Waals surface area (Å²) in [5.74, 6) is 0. The lowest BCUT2D eigenvalue weighted by Crippen LogP contribution is -1.91. The van der Waals surface area contributed by atoms with Gasteiger partial charge in [0, 0.05) is 10.4 Å². The predicted molar refractivity (Wildman–Crippen MR) is 76.4 cm³/mol. The van der Waals surface area contributed by atoms with Crippen LogP contribution in [0.4, 0.5) is 5.69 Å². The zero-order valence-electron chi connectivity index (χ0n) is 9.60. The highest BCUT2D eigenvalue weighted by atomic mass is 32.1. The molecule has 0 aliphatic carbocycles. The quantitative estimate of drug-likeness (QED) is 0.623. The van der Waals surface area contributed by atoms with Gasteiger partial charge in [0.2, 0.25) is 0 Å². The van der Waals surface area contributed by atoms with Crippen LogP contribution in [-0.4, -0.2) is 0 Å². The minimum absolute atomic E-state index is 0.857. The van der Waals surface area contributed by atoms with Crippen molar-refractivity contribution in [2.24, 2.45) is 0 Å². The van der Waals surface area contributed by atoms with Gasteiger partial charge in [-0.3, -0.25) is 0 Å². The van der Waals surface area contributed by atoms with Crippen molar-refractivity contribution in [1.29, 1.82) is 0 Å². The SMILES string of the molecule is Cc1c(N)cccc1-c1cccc2ccsc12. The molecule has 17 heavy (non-hydrogen) atoms. The predicted octanol–water partition coefficient (Wildman–Crippen LogP) is 4.46. The number of benzene rings is 2. The molecule has 1 aromatic heterocycles. The summed E-state index contributed by atoms with van der Waals surface area (Å²) < 4.78 is 1.33. The lowest BCUT2D eigenvalue weighted by molar-refractivity contribution is 1.47. The van der Waals surface area contributed by atoms with Gasteiger partial charge in [0.25, 0.3) is 0 Å². The second-order valence-corrected chi connectivity index (χ2v) is 5.08. The van der Waals surface area contributed by atoms with E-state index in [1.807, 2.05) is 12.1 Å². The van der Waals surface area contributed by atoms with Gasteiger partial charge >= 0.3 is 0 Å². The van der Waals surface area contributed by atoms with Gasteiger partial charge in [-0.15, -0.1) is 11.3 Å². The van der Waals surface area contributed by atoms with Crippen LogP contribution in [0.5, 0.6) is 0 Å². The van der Waals surface area contributed by atoms with Gasteiger partial charge in [-0.05, 0) is 46.5 Å². The first-order chi connectivity index (χ1) is 8.27. The second kappa shape index (κ2) is 3.90. The van der Waals surface area contributed by atoms with E-state index in [1.54, 1.807) is 11.3 Å². The van der Waals surface area contributed by atoms with Crippen LogP contribution in [0.1, 0.15) is 5.56 Å². The van der Waals surface area contributed by atoms with Crippen molar-refractivity contribution in [3.8, 4) is 11.1 Å². The van der Waals surface area contributed by atoms with Crippen molar-refractivity contribution in [2.75, 3.05) is 5.73 Å². The third-order valence-electron chi connectivity index (χ3n) is 3.14. The van der Waals surface area contributed by atoms with E-state index in [4.69, 9.17) is 5.73 Å². The van der Waals surface area contributed by atoms with E-state index >= 15 is 0 Å². The number of fused-ring (bicyclic) bond motifs is 1. The second-order valence-electron chi connectivity index (χ2n) is 4.16. The Labute approximate surface area is 105 Å². The van der Waals surface area contributed by atoms with Crippen LogP contribution < -0.4 is 5.73 Å². The molecule has 0 bridgehead atoms. The van der Waals surface area contributed by atoms with Crippen LogP contribution in [-0.2, 0) is 0 Å². The summed E-state index contributed by atoms with van der Waals surface area (Å²) in [6.45, 7) is 2.08. The van der Waals surface area contributed by atoms with Crippen LogP contribution in [0.25, 0.3) is 21.2 Å². The monoisotopic (exact) mass is 239 g/mol. The van der Waals surface area contributed by atoms with Crippen molar-refractivity contribution in [3.63, 3.8) is 0 Å². The van der Waals surface area contributed by atoms with E-state index in [-0.39, 0.29) is 0 Å². The molecular formula is C15H13NS. The van der Waals surface area contributed by atoms with Crippen LogP contribution in [0.2, 0.25) is 0 Å². The van der Waals surface area contributed by atoms with Crippen molar-refractivity contribution >= 4 is 27.1 Å². The van der Waals surface area contributed by atoms with Crippen LogP contribution in [0.3, 0.4) is 0 Å². The minimum atomic E-state index is 0.857. The summed E-state index contributed by atoms with van der Waals surface area (Å²) in [7, 11) is 0. The van der Waals surface area contributed by atoms with E-state index in [2.05, 4.69) is 42.6 Å². The van der Waals surface area contributed by atoms with Gasteiger partial charge in [0.05, 0.1) is 0 Å². The molecule has 0 saturated heterocycles. The number of hydrogen-bond acceptors (Lipinski definition) is 2. The fourth-order valence-electron chi connectivity index (χ4n) is 2.15. The van der Waals surface area contributed by atoms with E-state index in [9.17, 15) is 0 Å². The number of hydrogen-bond donors (Lipinski definition) is 1. The Balaban J connectivity index is 2.34. The summed E-state index contributed by atoms with van der Waals surface area (Å²) in [6, 6.07) is 14.7. The van der Waals surface area contributed by atoms with E-state index in [0.29, 0.717) is 0 Å². The average Bonchev–Trinajstić information content (AvgIpc) is 2.81. The summed E-state index contributed by atoms with van der Waals surface area (Å²) in [5, 5.41) is 3.44. The summed E-state index contributed by atoms with van der Waals surface area (Å²) in [6.07, 6.45) is 0. The first-order valence-corrected chi connectivity index (χ1v) is 6.47. The van der Waals surface area contributed by atoms with Gasteiger partial charge in [-0.2, -0.15) is 0 Å². The third-order valence-corrected chi connectivity index (χ3v) is 4.11. The van der Waals surface area contributed by atoms with Gasteiger partial charge in [0.1, 0.15) is 0 Å². The van der Waals surface area contributed by atoms with Crippen molar-refractivity contribution in [3.05, 3.63) is 53.4 Å². The van der Waals surface area contributed by atoms with Crippen molar-refractivity contribution in [2.45, 2.75) is 6.92 Å². The maximum atomic E-state index is 5.98. The number of rotatable bonds is 1. The molecule has 0 saturated carbocycles. The molecule has 3 aromatic rings. The van der Waals surface area contributed by atoms with E-state index in [1.165, 1.54) is 21.2 Å². The molecular weight excluding hydrogens is 226 g/mol. The van der Waals surface area contributed by atoms with Gasteiger partial charge in [0.15, 0.2) is 0 Å². The molecule has 84 valence electrons. The minimum Gasteiger partial charge on any atom is -0.398 e. The molecule has 1 nitrogen and oxygen atoms in total. The van der Waals surface area contributed by atoms with Crippen LogP contribution in [0, 0.1) is 6.92 Å². The molecule has 3 rings (SSSR count). The molecule has 0 aliphatic rings. The molecule has 0 fully saturated rings. The molecule has 0 amide bonds. The van der Waals surface area contributed by atoms with Gasteiger partial charge < -0.3 is 5.73 Å². The zero-order valence-corrected chi connectivity index (χ0v) is 10.4. The lowest BCUT2D eigenvalue weighted by Gasteiger charge is -2.09. The van der Waals surface area contributed by atoms with Crippen molar-refractivity contribution < 1.29 is 0 Å². The zero-order chi connectivity index (χ0) is 11.8. The number of nitrogens with two attached hydrogens (primary N) is 1. The van der Waals surface area contributed by atoms with Gasteiger partial charge in [-0.1, -0.05) is 30.3 Å². The number of anilines is 1. The van der Waals surface area contributed by atoms with E-state index in [0.717, 1.165) is 11.3 Å². The Morgan fingerprint density at radius 1 is 0.941 bits per heavy atom. The highest BCUT2D eigenvalue weighted by Gasteiger charge is 2.08. The normalized spacial score (nSPS) is 10.9. The lowest BCUT2D eigenvalue weighted by atomic mass is 9.98. The van der Waals surface area contributed by atoms with Crippen LogP contribution in [0.15, 0.2) is 47.8 Å². The summed E-state index contributed by atoms with van der Waals surface area (Å²) in [5.41, 5.74) is 10.5. The Morgan fingerprint density at radius 2 is 1.71 bits per heavy atom. The summed E-state index contributed by atoms with van der Waals surface area (Å²) in [4.78, 5) is 0. The maximum absolute atomic E-state index is 5.98. The molecule has 0 spiro atoms. The smallest absolute Gasteiger partial charge is 0.0421 e. The first-order valence-electron chi connectivity index (χ1n) is 5.59. The Kier molecular flexibility index (Phi) is 2.37. The Morgan fingerprint density at radius 3 is 2.59 bits per heavy atom. The van der Waals surface area contributed by atoms with Crippen molar-refractivity contribution in [1.82, 2.24) is 0 Å². The molecule has 2 aromatic carbocycles. The van der Waals surface area contributed by atoms with Crippen LogP contribution >= 0.6 is 11.3 Å². The molecule has 0 radical (unpaired) electrons. The first kappa shape index (κ1) is 10.4.